The average molecular weight is 217 g/mol. The summed E-state index contributed by atoms with van der Waals surface area (Å²) in [4.78, 5) is 6.75. The third-order valence-electron chi connectivity index (χ3n) is 3.98. The van der Waals surface area contributed by atoms with Crippen molar-refractivity contribution in [1.29, 1.82) is 0 Å². The first-order valence-electron chi connectivity index (χ1n) is 6.18. The molecule has 0 radical (unpaired) electrons. The highest BCUT2D eigenvalue weighted by atomic mass is 15.2. The second kappa shape index (κ2) is 4.15. The molecule has 0 saturated carbocycles. The molecule has 1 spiro atoms. The van der Waals surface area contributed by atoms with Gasteiger partial charge >= 0.3 is 0 Å². The Morgan fingerprint density at radius 2 is 2.44 bits per heavy atom. The standard InChI is InChI=1S/C13H19N3/c1-2-12(8-14-5-1)9-16-7-4-13(11-16)3-6-15-10-13/h1-2,5,8,15H,3-4,6-7,9-11H2. The van der Waals surface area contributed by atoms with Crippen LogP contribution in [0.5, 0.6) is 0 Å². The summed E-state index contributed by atoms with van der Waals surface area (Å²) in [5.41, 5.74) is 1.92. The minimum absolute atomic E-state index is 0.586. The van der Waals surface area contributed by atoms with Gasteiger partial charge in [-0.2, -0.15) is 0 Å². The molecule has 3 heteroatoms. The minimum Gasteiger partial charge on any atom is -0.316 e. The van der Waals surface area contributed by atoms with Crippen LogP contribution in [0.1, 0.15) is 18.4 Å². The van der Waals surface area contributed by atoms with Crippen molar-refractivity contribution < 1.29 is 0 Å². The molecule has 0 aliphatic carbocycles. The highest BCUT2D eigenvalue weighted by molar-refractivity contribution is 5.09. The zero-order chi connectivity index (χ0) is 10.8. The van der Waals surface area contributed by atoms with Crippen LogP contribution in [0.2, 0.25) is 0 Å². The smallest absolute Gasteiger partial charge is 0.0312 e. The Labute approximate surface area is 96.9 Å². The van der Waals surface area contributed by atoms with E-state index in [0.717, 1.165) is 6.54 Å². The van der Waals surface area contributed by atoms with Gasteiger partial charge in [-0.1, -0.05) is 6.07 Å². The Kier molecular flexibility index (Phi) is 2.65. The van der Waals surface area contributed by atoms with Gasteiger partial charge in [0.05, 0.1) is 0 Å². The zero-order valence-electron chi connectivity index (χ0n) is 9.65. The number of nitrogens with one attached hydrogen (secondary N) is 1. The molecule has 2 aliphatic rings. The monoisotopic (exact) mass is 217 g/mol. The number of likely N-dealkylation sites (tertiary alicyclic amines) is 1. The van der Waals surface area contributed by atoms with Crippen LogP contribution in [0.3, 0.4) is 0 Å². The predicted octanol–water partition coefficient (Wildman–Crippen LogP) is 1.27. The van der Waals surface area contributed by atoms with Crippen molar-refractivity contribution in [3.8, 4) is 0 Å². The van der Waals surface area contributed by atoms with Crippen molar-refractivity contribution in [2.45, 2.75) is 19.4 Å². The normalized spacial score (nSPS) is 30.2. The number of hydrogen-bond acceptors (Lipinski definition) is 3. The van der Waals surface area contributed by atoms with E-state index in [2.05, 4.69) is 21.3 Å². The lowest BCUT2D eigenvalue weighted by molar-refractivity contribution is 0.268. The molecule has 2 saturated heterocycles. The third-order valence-corrected chi connectivity index (χ3v) is 3.98. The molecule has 16 heavy (non-hydrogen) atoms. The van der Waals surface area contributed by atoms with Gasteiger partial charge in [-0.25, -0.2) is 0 Å². The Bertz CT molecular complexity index is 343. The number of aromatic nitrogens is 1. The van der Waals surface area contributed by atoms with E-state index in [1.54, 1.807) is 0 Å². The van der Waals surface area contributed by atoms with Gasteiger partial charge in [0.2, 0.25) is 0 Å². The molecular formula is C13H19N3. The molecule has 0 aromatic carbocycles. The van der Waals surface area contributed by atoms with E-state index in [0.29, 0.717) is 5.41 Å². The van der Waals surface area contributed by atoms with Gasteiger partial charge in [-0.05, 0) is 43.0 Å². The molecule has 3 heterocycles. The number of rotatable bonds is 2. The Morgan fingerprint density at radius 3 is 3.19 bits per heavy atom. The van der Waals surface area contributed by atoms with Crippen LogP contribution in [0.4, 0.5) is 0 Å². The van der Waals surface area contributed by atoms with Crippen LogP contribution in [-0.2, 0) is 6.54 Å². The van der Waals surface area contributed by atoms with Gasteiger partial charge in [0, 0.05) is 32.0 Å². The molecule has 1 aromatic heterocycles. The summed E-state index contributed by atoms with van der Waals surface area (Å²) in [6.45, 7) is 6.00. The topological polar surface area (TPSA) is 28.2 Å². The Morgan fingerprint density at radius 1 is 1.44 bits per heavy atom. The van der Waals surface area contributed by atoms with Gasteiger partial charge in [0.15, 0.2) is 0 Å². The largest absolute Gasteiger partial charge is 0.316 e. The fourth-order valence-electron chi connectivity index (χ4n) is 3.06. The molecule has 1 unspecified atom stereocenters. The SMILES string of the molecule is c1cncc(CN2CCC3(CCNC3)C2)c1. The molecule has 1 atom stereocenters. The lowest BCUT2D eigenvalue weighted by Crippen LogP contribution is -2.28. The molecule has 2 fully saturated rings. The second-order valence-electron chi connectivity index (χ2n) is 5.25. The van der Waals surface area contributed by atoms with Gasteiger partial charge in [0.25, 0.3) is 0 Å². The summed E-state index contributed by atoms with van der Waals surface area (Å²) in [6, 6.07) is 4.20. The highest BCUT2D eigenvalue weighted by Crippen LogP contribution is 2.36. The van der Waals surface area contributed by atoms with Crippen molar-refractivity contribution in [3.63, 3.8) is 0 Å². The zero-order valence-corrected chi connectivity index (χ0v) is 9.65. The number of hydrogen-bond donors (Lipinski definition) is 1. The van der Waals surface area contributed by atoms with E-state index < -0.39 is 0 Å². The van der Waals surface area contributed by atoms with E-state index in [9.17, 15) is 0 Å². The molecule has 3 rings (SSSR count). The minimum atomic E-state index is 0.586. The summed E-state index contributed by atoms with van der Waals surface area (Å²) in [7, 11) is 0. The maximum Gasteiger partial charge on any atom is 0.0312 e. The fraction of sp³-hybridized carbons (Fsp3) is 0.615. The van der Waals surface area contributed by atoms with Crippen LogP contribution in [-0.4, -0.2) is 36.1 Å². The maximum atomic E-state index is 4.18. The molecular weight excluding hydrogens is 198 g/mol. The first-order chi connectivity index (χ1) is 7.86. The quantitative estimate of drug-likeness (QED) is 0.808. The van der Waals surface area contributed by atoms with Crippen molar-refractivity contribution in [2.75, 3.05) is 26.2 Å². The van der Waals surface area contributed by atoms with Crippen LogP contribution in [0.25, 0.3) is 0 Å². The van der Waals surface area contributed by atoms with Crippen molar-refractivity contribution in [1.82, 2.24) is 15.2 Å². The van der Waals surface area contributed by atoms with Crippen LogP contribution in [0, 0.1) is 5.41 Å². The van der Waals surface area contributed by atoms with E-state index in [1.807, 2.05) is 18.5 Å². The Hall–Kier alpha value is -0.930. The molecule has 2 aliphatic heterocycles. The van der Waals surface area contributed by atoms with E-state index in [1.165, 1.54) is 44.6 Å². The number of nitrogens with zero attached hydrogens (tertiary/aromatic N) is 2. The molecule has 0 bridgehead atoms. The van der Waals surface area contributed by atoms with E-state index in [4.69, 9.17) is 0 Å². The van der Waals surface area contributed by atoms with Crippen LogP contribution in [0.15, 0.2) is 24.5 Å². The summed E-state index contributed by atoms with van der Waals surface area (Å²) in [5.74, 6) is 0. The van der Waals surface area contributed by atoms with Gasteiger partial charge in [-0.15, -0.1) is 0 Å². The highest BCUT2D eigenvalue weighted by Gasteiger charge is 2.39. The second-order valence-corrected chi connectivity index (χ2v) is 5.25. The van der Waals surface area contributed by atoms with Crippen molar-refractivity contribution in [3.05, 3.63) is 30.1 Å². The van der Waals surface area contributed by atoms with Crippen molar-refractivity contribution in [2.24, 2.45) is 5.41 Å². The van der Waals surface area contributed by atoms with Crippen LogP contribution < -0.4 is 5.32 Å². The average Bonchev–Trinajstić information content (AvgIpc) is 2.92. The summed E-state index contributed by atoms with van der Waals surface area (Å²) < 4.78 is 0. The van der Waals surface area contributed by atoms with E-state index >= 15 is 0 Å². The third kappa shape index (κ3) is 1.97. The summed E-state index contributed by atoms with van der Waals surface area (Å²) in [6.07, 6.45) is 6.55. The molecule has 3 nitrogen and oxygen atoms in total. The van der Waals surface area contributed by atoms with Gasteiger partial charge in [0.1, 0.15) is 0 Å². The maximum absolute atomic E-state index is 4.18. The Balaban J connectivity index is 1.62. The van der Waals surface area contributed by atoms with E-state index in [-0.39, 0.29) is 0 Å². The number of pyridine rings is 1. The predicted molar refractivity (Wildman–Crippen MR) is 64.1 cm³/mol. The first-order valence-corrected chi connectivity index (χ1v) is 6.18. The fourth-order valence-corrected chi connectivity index (χ4v) is 3.06. The van der Waals surface area contributed by atoms with Gasteiger partial charge < -0.3 is 5.32 Å². The summed E-state index contributed by atoms with van der Waals surface area (Å²) >= 11 is 0. The summed E-state index contributed by atoms with van der Waals surface area (Å²) in [5, 5.41) is 3.50. The molecule has 86 valence electrons. The molecule has 1 aromatic rings. The van der Waals surface area contributed by atoms with Crippen LogP contribution >= 0.6 is 0 Å². The first kappa shape index (κ1) is 10.2. The van der Waals surface area contributed by atoms with Crippen molar-refractivity contribution >= 4 is 0 Å². The lowest BCUT2D eigenvalue weighted by Gasteiger charge is -2.22. The molecule has 0 amide bonds. The lowest BCUT2D eigenvalue weighted by atomic mass is 9.87. The van der Waals surface area contributed by atoms with Gasteiger partial charge in [-0.3, -0.25) is 9.88 Å². The molecule has 1 N–H and O–H groups in total.